The summed E-state index contributed by atoms with van der Waals surface area (Å²) in [6, 6.07) is 8.63. The van der Waals surface area contributed by atoms with Crippen molar-refractivity contribution in [3.05, 3.63) is 35.4 Å². The van der Waals surface area contributed by atoms with Gasteiger partial charge in [0.2, 0.25) is 11.8 Å². The summed E-state index contributed by atoms with van der Waals surface area (Å²) >= 11 is 0. The second-order valence-corrected chi connectivity index (χ2v) is 8.23. The first-order valence-electron chi connectivity index (χ1n) is 10.6. The number of carbonyl (C=O) groups excluding carboxylic acids is 2. The number of hydrogen-bond donors (Lipinski definition) is 2. The lowest BCUT2D eigenvalue weighted by atomic mass is 9.77. The maximum Gasteiger partial charge on any atom is 0.226 e. The van der Waals surface area contributed by atoms with Gasteiger partial charge in [-0.1, -0.05) is 37.1 Å². The van der Waals surface area contributed by atoms with Crippen LogP contribution in [-0.2, 0) is 16.0 Å². The minimum absolute atomic E-state index is 0. The maximum absolute atomic E-state index is 13.0. The minimum Gasteiger partial charge on any atom is -0.354 e. The quantitative estimate of drug-likeness (QED) is 0.809. The Labute approximate surface area is 174 Å². The second kappa shape index (κ2) is 9.75. The molecule has 0 bridgehead atoms. The van der Waals surface area contributed by atoms with Crippen LogP contribution in [0.1, 0.15) is 55.7 Å². The normalized spacial score (nSPS) is 26.9. The molecule has 2 fully saturated rings. The predicted octanol–water partition coefficient (Wildman–Crippen LogP) is 2.84. The van der Waals surface area contributed by atoms with E-state index in [2.05, 4.69) is 34.9 Å². The lowest BCUT2D eigenvalue weighted by Crippen LogP contribution is -2.46. The molecule has 3 aliphatic rings. The summed E-state index contributed by atoms with van der Waals surface area (Å²) in [6.07, 6.45) is 7.04. The van der Waals surface area contributed by atoms with Crippen LogP contribution in [0.5, 0.6) is 0 Å². The molecular formula is C22H32ClN3O2. The Morgan fingerprint density at radius 1 is 1.04 bits per heavy atom. The highest BCUT2D eigenvalue weighted by molar-refractivity contribution is 5.88. The van der Waals surface area contributed by atoms with E-state index in [1.54, 1.807) is 0 Å². The highest BCUT2D eigenvalue weighted by Crippen LogP contribution is 2.33. The van der Waals surface area contributed by atoms with Crippen molar-refractivity contribution in [1.82, 2.24) is 15.5 Å². The number of carbonyl (C=O) groups is 2. The van der Waals surface area contributed by atoms with E-state index < -0.39 is 0 Å². The van der Waals surface area contributed by atoms with Crippen molar-refractivity contribution in [2.24, 2.45) is 11.8 Å². The molecule has 3 atom stereocenters. The van der Waals surface area contributed by atoms with Crippen molar-refractivity contribution in [3.63, 3.8) is 0 Å². The molecule has 0 spiro atoms. The zero-order valence-electron chi connectivity index (χ0n) is 16.5. The van der Waals surface area contributed by atoms with Crippen LogP contribution in [0.15, 0.2) is 24.3 Å². The Kier molecular flexibility index (Phi) is 7.36. The molecule has 3 unspecified atom stereocenters. The highest BCUT2D eigenvalue weighted by atomic mass is 35.5. The maximum atomic E-state index is 13.0. The van der Waals surface area contributed by atoms with Crippen LogP contribution in [0.4, 0.5) is 0 Å². The Morgan fingerprint density at radius 2 is 1.75 bits per heavy atom. The molecule has 1 saturated heterocycles. The van der Waals surface area contributed by atoms with E-state index >= 15 is 0 Å². The van der Waals surface area contributed by atoms with Gasteiger partial charge in [0, 0.05) is 37.5 Å². The molecule has 2 N–H and O–H groups in total. The Bertz CT molecular complexity index is 690. The Hall–Kier alpha value is -1.59. The van der Waals surface area contributed by atoms with Crippen molar-refractivity contribution in [2.45, 2.75) is 51.0 Å². The first-order chi connectivity index (χ1) is 13.2. The number of nitrogens with zero attached hydrogens (tertiary/aromatic N) is 1. The molecule has 5 nitrogen and oxygen atoms in total. The third-order valence-electron chi connectivity index (χ3n) is 6.53. The van der Waals surface area contributed by atoms with Gasteiger partial charge in [-0.2, -0.15) is 0 Å². The molecule has 1 saturated carbocycles. The molecule has 2 amide bonds. The van der Waals surface area contributed by atoms with Crippen LogP contribution in [0.3, 0.4) is 0 Å². The van der Waals surface area contributed by atoms with Gasteiger partial charge in [0.05, 0.1) is 0 Å². The summed E-state index contributed by atoms with van der Waals surface area (Å²) in [7, 11) is 0. The van der Waals surface area contributed by atoms with Crippen LogP contribution in [0.25, 0.3) is 0 Å². The van der Waals surface area contributed by atoms with E-state index in [0.717, 1.165) is 64.6 Å². The zero-order valence-corrected chi connectivity index (χ0v) is 17.3. The van der Waals surface area contributed by atoms with Gasteiger partial charge in [0.25, 0.3) is 0 Å². The summed E-state index contributed by atoms with van der Waals surface area (Å²) in [5, 5.41) is 6.69. The first kappa shape index (κ1) is 21.1. The minimum atomic E-state index is -0.161. The first-order valence-corrected chi connectivity index (χ1v) is 10.6. The topological polar surface area (TPSA) is 61.4 Å². The summed E-state index contributed by atoms with van der Waals surface area (Å²) in [5.74, 6) is -0.000255. The second-order valence-electron chi connectivity index (χ2n) is 8.23. The number of nitrogens with one attached hydrogen (secondary N) is 2. The molecule has 28 heavy (non-hydrogen) atoms. The number of benzene rings is 1. The van der Waals surface area contributed by atoms with Gasteiger partial charge in [0.15, 0.2) is 0 Å². The molecule has 0 aromatic heterocycles. The van der Waals surface area contributed by atoms with Gasteiger partial charge in [0.1, 0.15) is 0 Å². The van der Waals surface area contributed by atoms with Crippen molar-refractivity contribution in [2.75, 3.05) is 26.2 Å². The fourth-order valence-corrected chi connectivity index (χ4v) is 5.02. The molecule has 2 heterocycles. The van der Waals surface area contributed by atoms with Gasteiger partial charge in [-0.25, -0.2) is 0 Å². The number of fused-ring (bicyclic) bond motifs is 1. The average molecular weight is 406 g/mol. The van der Waals surface area contributed by atoms with E-state index in [1.165, 1.54) is 11.1 Å². The highest BCUT2D eigenvalue weighted by Gasteiger charge is 2.38. The standard InChI is InChI=1S/C22H31N3O2.ClH/c26-21(24-15-20-17-8-2-1-7-16(17)11-12-23-20)18-9-3-4-10-19(18)22(27)25-13-5-6-14-25;/h1-2,7-8,18-20,23H,3-6,9-15H2,(H,24,26);1H. The zero-order chi connectivity index (χ0) is 18.6. The molecule has 6 heteroatoms. The monoisotopic (exact) mass is 405 g/mol. The average Bonchev–Trinajstić information content (AvgIpc) is 3.26. The molecule has 1 aromatic rings. The van der Waals surface area contributed by atoms with E-state index in [-0.39, 0.29) is 42.1 Å². The van der Waals surface area contributed by atoms with Gasteiger partial charge in [-0.05, 0) is 49.8 Å². The third-order valence-corrected chi connectivity index (χ3v) is 6.53. The van der Waals surface area contributed by atoms with Crippen LogP contribution < -0.4 is 10.6 Å². The van der Waals surface area contributed by atoms with E-state index in [1.807, 2.05) is 4.90 Å². The number of hydrogen-bond acceptors (Lipinski definition) is 3. The molecule has 0 radical (unpaired) electrons. The van der Waals surface area contributed by atoms with Gasteiger partial charge < -0.3 is 15.5 Å². The lowest BCUT2D eigenvalue weighted by molar-refractivity contribution is -0.142. The largest absolute Gasteiger partial charge is 0.354 e. The molecule has 1 aliphatic carbocycles. The molecule has 154 valence electrons. The predicted molar refractivity (Wildman–Crippen MR) is 112 cm³/mol. The fraction of sp³-hybridized carbons (Fsp3) is 0.636. The van der Waals surface area contributed by atoms with Gasteiger partial charge >= 0.3 is 0 Å². The van der Waals surface area contributed by atoms with Crippen LogP contribution in [0.2, 0.25) is 0 Å². The van der Waals surface area contributed by atoms with Gasteiger partial charge in [-0.3, -0.25) is 9.59 Å². The fourth-order valence-electron chi connectivity index (χ4n) is 5.02. The summed E-state index contributed by atoms with van der Waals surface area (Å²) in [4.78, 5) is 27.9. The number of likely N-dealkylation sites (tertiary alicyclic amines) is 1. The summed E-state index contributed by atoms with van der Waals surface area (Å²) in [6.45, 7) is 3.27. The molecule has 2 aliphatic heterocycles. The summed E-state index contributed by atoms with van der Waals surface area (Å²) < 4.78 is 0. The molecule has 4 rings (SSSR count). The smallest absolute Gasteiger partial charge is 0.226 e. The van der Waals surface area contributed by atoms with E-state index in [9.17, 15) is 9.59 Å². The van der Waals surface area contributed by atoms with Crippen molar-refractivity contribution in [1.29, 1.82) is 0 Å². The molecular weight excluding hydrogens is 374 g/mol. The number of amides is 2. The van der Waals surface area contributed by atoms with Crippen molar-refractivity contribution in [3.8, 4) is 0 Å². The van der Waals surface area contributed by atoms with Crippen molar-refractivity contribution < 1.29 is 9.59 Å². The van der Waals surface area contributed by atoms with Gasteiger partial charge in [-0.15, -0.1) is 12.4 Å². The van der Waals surface area contributed by atoms with Crippen LogP contribution >= 0.6 is 12.4 Å². The SMILES string of the molecule is Cl.O=C(NCC1NCCc2ccccc21)C1CCCCC1C(=O)N1CCCC1. The third kappa shape index (κ3) is 4.52. The molecule has 1 aromatic carbocycles. The Morgan fingerprint density at radius 3 is 2.54 bits per heavy atom. The van der Waals surface area contributed by atoms with E-state index in [4.69, 9.17) is 0 Å². The van der Waals surface area contributed by atoms with Crippen LogP contribution in [0, 0.1) is 11.8 Å². The summed E-state index contributed by atoms with van der Waals surface area (Å²) in [5.41, 5.74) is 2.66. The lowest BCUT2D eigenvalue weighted by Gasteiger charge is -2.33. The van der Waals surface area contributed by atoms with Crippen LogP contribution in [-0.4, -0.2) is 42.9 Å². The number of halogens is 1. The Balaban J connectivity index is 0.00000225. The number of rotatable bonds is 4. The van der Waals surface area contributed by atoms with Crippen molar-refractivity contribution >= 4 is 24.2 Å². The van der Waals surface area contributed by atoms with E-state index in [0.29, 0.717) is 6.54 Å².